The van der Waals surface area contributed by atoms with E-state index in [2.05, 4.69) is 0 Å². The summed E-state index contributed by atoms with van der Waals surface area (Å²) in [6.07, 6.45) is -0.850. The van der Waals surface area contributed by atoms with Gasteiger partial charge in [0.1, 0.15) is 0 Å². The summed E-state index contributed by atoms with van der Waals surface area (Å²) in [5, 5.41) is 0. The van der Waals surface area contributed by atoms with Gasteiger partial charge in [-0.25, -0.2) is 0 Å². The summed E-state index contributed by atoms with van der Waals surface area (Å²) >= 11 is 0. The van der Waals surface area contributed by atoms with E-state index in [1.807, 2.05) is 37.3 Å². The lowest BCUT2D eigenvalue weighted by Gasteiger charge is -2.27. The van der Waals surface area contributed by atoms with E-state index in [4.69, 9.17) is 9.47 Å². The fourth-order valence-electron chi connectivity index (χ4n) is 2.37. The Morgan fingerprint density at radius 3 is 2.65 bits per heavy atom. The van der Waals surface area contributed by atoms with Crippen LogP contribution in [0, 0.1) is 0 Å². The van der Waals surface area contributed by atoms with Crippen molar-refractivity contribution in [2.45, 2.75) is 39.1 Å². The van der Waals surface area contributed by atoms with Crippen LogP contribution in [0.15, 0.2) is 30.3 Å². The van der Waals surface area contributed by atoms with Crippen LogP contribution in [0.3, 0.4) is 0 Å². The molecule has 1 aliphatic rings. The average molecular weight is 277 g/mol. The van der Waals surface area contributed by atoms with E-state index in [1.165, 1.54) is 6.92 Å². The first-order valence-electron chi connectivity index (χ1n) is 6.74. The van der Waals surface area contributed by atoms with Crippen molar-refractivity contribution in [2.24, 2.45) is 0 Å². The van der Waals surface area contributed by atoms with E-state index in [0.29, 0.717) is 13.2 Å². The monoisotopic (exact) mass is 277 g/mol. The molecule has 0 aromatic heterocycles. The zero-order valence-electron chi connectivity index (χ0n) is 11.7. The van der Waals surface area contributed by atoms with Gasteiger partial charge in [-0.3, -0.25) is 9.59 Å². The molecule has 2 rings (SSSR count). The van der Waals surface area contributed by atoms with Gasteiger partial charge in [-0.1, -0.05) is 30.3 Å². The second-order valence-electron chi connectivity index (χ2n) is 4.71. The Morgan fingerprint density at radius 2 is 2.05 bits per heavy atom. The molecule has 1 aromatic carbocycles. The maximum Gasteiger partial charge on any atom is 0.303 e. The Labute approximate surface area is 118 Å². The first kappa shape index (κ1) is 14.5. The highest BCUT2D eigenvalue weighted by Gasteiger charge is 2.42. The summed E-state index contributed by atoms with van der Waals surface area (Å²) in [6.45, 7) is 4.12. The number of esters is 1. The SMILES string of the molecule is CCO[C@@H]1[C@@H](OC(C)=O)CC(=O)N1Cc1ccccc1. The Kier molecular flexibility index (Phi) is 4.74. The molecular weight excluding hydrogens is 258 g/mol. The van der Waals surface area contributed by atoms with Crippen LogP contribution in [0.25, 0.3) is 0 Å². The molecular formula is C15H19NO4. The Morgan fingerprint density at radius 1 is 1.35 bits per heavy atom. The van der Waals surface area contributed by atoms with Crippen molar-refractivity contribution in [1.29, 1.82) is 0 Å². The topological polar surface area (TPSA) is 55.8 Å². The van der Waals surface area contributed by atoms with Crippen molar-refractivity contribution in [3.63, 3.8) is 0 Å². The molecule has 2 atom stereocenters. The highest BCUT2D eigenvalue weighted by Crippen LogP contribution is 2.25. The molecule has 108 valence electrons. The summed E-state index contributed by atoms with van der Waals surface area (Å²) in [6, 6.07) is 9.69. The molecule has 1 fully saturated rings. The van der Waals surface area contributed by atoms with Crippen molar-refractivity contribution in [3.8, 4) is 0 Å². The van der Waals surface area contributed by atoms with E-state index >= 15 is 0 Å². The van der Waals surface area contributed by atoms with Crippen LogP contribution in [-0.4, -0.2) is 35.7 Å². The number of amides is 1. The van der Waals surface area contributed by atoms with E-state index in [0.717, 1.165) is 5.56 Å². The molecule has 1 aliphatic heterocycles. The van der Waals surface area contributed by atoms with Crippen LogP contribution in [-0.2, 0) is 25.6 Å². The first-order valence-corrected chi connectivity index (χ1v) is 6.74. The van der Waals surface area contributed by atoms with Gasteiger partial charge in [0.25, 0.3) is 0 Å². The molecule has 1 heterocycles. The van der Waals surface area contributed by atoms with Gasteiger partial charge in [-0.2, -0.15) is 0 Å². The smallest absolute Gasteiger partial charge is 0.303 e. The quantitative estimate of drug-likeness (QED) is 0.769. The summed E-state index contributed by atoms with van der Waals surface area (Å²) in [5.41, 5.74) is 1.02. The third kappa shape index (κ3) is 3.36. The molecule has 0 aliphatic carbocycles. The maximum atomic E-state index is 12.1. The van der Waals surface area contributed by atoms with Crippen LogP contribution >= 0.6 is 0 Å². The normalized spacial score (nSPS) is 22.1. The van der Waals surface area contributed by atoms with Gasteiger partial charge in [0.05, 0.1) is 6.42 Å². The number of benzene rings is 1. The predicted octanol–water partition coefficient (Wildman–Crippen LogP) is 1.71. The van der Waals surface area contributed by atoms with Gasteiger partial charge in [-0.15, -0.1) is 0 Å². The molecule has 5 nitrogen and oxygen atoms in total. The average Bonchev–Trinajstić information content (AvgIpc) is 2.68. The standard InChI is InChI=1S/C15H19NO4/c1-3-19-15-13(20-11(2)17)9-14(18)16(15)10-12-7-5-4-6-8-12/h4-8,13,15H,3,9-10H2,1-2H3/t13-,15+/m0/s1. The molecule has 0 spiro atoms. The van der Waals surface area contributed by atoms with Crippen molar-refractivity contribution in [2.75, 3.05) is 6.61 Å². The van der Waals surface area contributed by atoms with Crippen LogP contribution in [0.1, 0.15) is 25.8 Å². The number of likely N-dealkylation sites (tertiary alicyclic amines) is 1. The number of carbonyl (C=O) groups is 2. The van der Waals surface area contributed by atoms with Crippen molar-refractivity contribution in [3.05, 3.63) is 35.9 Å². The van der Waals surface area contributed by atoms with Crippen molar-refractivity contribution < 1.29 is 19.1 Å². The predicted molar refractivity (Wildman–Crippen MR) is 72.6 cm³/mol. The molecule has 1 saturated heterocycles. The molecule has 5 heteroatoms. The number of ether oxygens (including phenoxy) is 2. The minimum absolute atomic E-state index is 0.0569. The van der Waals surface area contributed by atoms with Crippen LogP contribution in [0.4, 0.5) is 0 Å². The number of rotatable bonds is 5. The zero-order valence-corrected chi connectivity index (χ0v) is 11.7. The third-order valence-corrected chi connectivity index (χ3v) is 3.17. The lowest BCUT2D eigenvalue weighted by atomic mass is 10.2. The molecule has 0 N–H and O–H groups in total. The highest BCUT2D eigenvalue weighted by atomic mass is 16.6. The van der Waals surface area contributed by atoms with Gasteiger partial charge in [-0.05, 0) is 12.5 Å². The van der Waals surface area contributed by atoms with E-state index < -0.39 is 18.3 Å². The number of nitrogens with zero attached hydrogens (tertiary/aromatic N) is 1. The molecule has 0 unspecified atom stereocenters. The number of hydrogen-bond acceptors (Lipinski definition) is 4. The van der Waals surface area contributed by atoms with E-state index in [1.54, 1.807) is 4.90 Å². The Hall–Kier alpha value is -1.88. The molecule has 0 bridgehead atoms. The van der Waals surface area contributed by atoms with Crippen molar-refractivity contribution >= 4 is 11.9 Å². The summed E-state index contributed by atoms with van der Waals surface area (Å²) in [4.78, 5) is 24.9. The van der Waals surface area contributed by atoms with Crippen LogP contribution in [0.2, 0.25) is 0 Å². The second-order valence-corrected chi connectivity index (χ2v) is 4.71. The Bertz CT molecular complexity index is 474. The largest absolute Gasteiger partial charge is 0.457 e. The number of carbonyl (C=O) groups excluding carboxylic acids is 2. The van der Waals surface area contributed by atoms with Gasteiger partial charge in [0, 0.05) is 20.1 Å². The molecule has 0 radical (unpaired) electrons. The van der Waals surface area contributed by atoms with Gasteiger partial charge < -0.3 is 14.4 Å². The lowest BCUT2D eigenvalue weighted by molar-refractivity contribution is -0.161. The van der Waals surface area contributed by atoms with Crippen molar-refractivity contribution in [1.82, 2.24) is 4.90 Å². The maximum absolute atomic E-state index is 12.1. The summed E-state index contributed by atoms with van der Waals surface area (Å²) in [7, 11) is 0. The highest BCUT2D eigenvalue weighted by molar-refractivity contribution is 5.80. The number of hydrogen-bond donors (Lipinski definition) is 0. The van der Waals surface area contributed by atoms with E-state index in [9.17, 15) is 9.59 Å². The second kappa shape index (κ2) is 6.52. The zero-order chi connectivity index (χ0) is 14.5. The third-order valence-electron chi connectivity index (χ3n) is 3.17. The van der Waals surface area contributed by atoms with Crippen LogP contribution in [0.5, 0.6) is 0 Å². The molecule has 1 aromatic rings. The molecule has 0 saturated carbocycles. The summed E-state index contributed by atoms with van der Waals surface area (Å²) in [5.74, 6) is -0.451. The molecule has 20 heavy (non-hydrogen) atoms. The first-order chi connectivity index (χ1) is 9.61. The fourth-order valence-corrected chi connectivity index (χ4v) is 2.37. The molecule has 1 amide bonds. The van der Waals surface area contributed by atoms with Crippen LogP contribution < -0.4 is 0 Å². The minimum Gasteiger partial charge on any atom is -0.457 e. The Balaban J connectivity index is 2.12. The fraction of sp³-hybridized carbons (Fsp3) is 0.467. The summed E-state index contributed by atoms with van der Waals surface area (Å²) < 4.78 is 10.8. The van der Waals surface area contributed by atoms with Gasteiger partial charge in [0.15, 0.2) is 12.3 Å². The minimum atomic E-state index is -0.524. The van der Waals surface area contributed by atoms with Gasteiger partial charge >= 0.3 is 5.97 Å². The lowest BCUT2D eigenvalue weighted by Crippen LogP contribution is -2.40. The van der Waals surface area contributed by atoms with Gasteiger partial charge in [0.2, 0.25) is 5.91 Å². The van der Waals surface area contributed by atoms with E-state index in [-0.39, 0.29) is 12.3 Å².